The van der Waals surface area contributed by atoms with Crippen LogP contribution in [0.25, 0.3) is 0 Å². The van der Waals surface area contributed by atoms with Gasteiger partial charge in [-0.1, -0.05) is 6.07 Å². The van der Waals surface area contributed by atoms with Gasteiger partial charge in [-0.15, -0.1) is 23.4 Å². The maximum absolute atomic E-state index is 11.8. The largest absolute Gasteiger partial charge is 0.462 e. The van der Waals surface area contributed by atoms with Crippen molar-refractivity contribution in [2.45, 2.75) is 24.1 Å². The normalized spacial score (nSPS) is 12.0. The summed E-state index contributed by atoms with van der Waals surface area (Å²) in [6, 6.07) is 5.17. The lowest BCUT2D eigenvalue weighted by atomic mass is 10.1. The Morgan fingerprint density at radius 2 is 2.11 bits per heavy atom. The fraction of sp³-hybridized carbons (Fsp3) is 0.385. The minimum Gasteiger partial charge on any atom is -0.462 e. The molecule has 1 aromatic rings. The lowest BCUT2D eigenvalue weighted by Crippen LogP contribution is -2.09. The smallest absolute Gasteiger partial charge is 0.339 e. The van der Waals surface area contributed by atoms with Gasteiger partial charge in [-0.05, 0) is 37.8 Å². The first kappa shape index (κ1) is 15.1. The van der Waals surface area contributed by atoms with Gasteiger partial charge in [0.1, 0.15) is 5.38 Å². The molecule has 0 heterocycles. The van der Waals surface area contributed by atoms with Crippen LogP contribution in [0.4, 0.5) is 0 Å². The van der Waals surface area contributed by atoms with E-state index in [2.05, 4.69) is 0 Å². The number of carbonyl (C=O) groups excluding carboxylic acids is 2. The van der Waals surface area contributed by atoms with Crippen molar-refractivity contribution in [3.8, 4) is 0 Å². The first-order valence-electron chi connectivity index (χ1n) is 5.50. The van der Waals surface area contributed by atoms with E-state index in [0.29, 0.717) is 17.7 Å². The standard InChI is InChI=1S/C13H15ClO3S/c1-4-17-13(16)10-7-9(12(14)8(2)15)5-6-11(10)18-3/h5-7,12H,4H2,1-3H3. The van der Waals surface area contributed by atoms with E-state index in [1.54, 1.807) is 25.1 Å². The number of ketones is 1. The summed E-state index contributed by atoms with van der Waals surface area (Å²) in [6.07, 6.45) is 1.88. The molecular formula is C13H15ClO3S. The number of ether oxygens (including phenoxy) is 1. The molecule has 1 aromatic carbocycles. The highest BCUT2D eigenvalue weighted by Crippen LogP contribution is 2.28. The molecule has 18 heavy (non-hydrogen) atoms. The van der Waals surface area contributed by atoms with E-state index in [1.165, 1.54) is 18.7 Å². The van der Waals surface area contributed by atoms with Crippen molar-refractivity contribution in [3.63, 3.8) is 0 Å². The molecule has 0 amide bonds. The fourth-order valence-electron chi connectivity index (χ4n) is 1.49. The molecule has 0 saturated carbocycles. The van der Waals surface area contributed by atoms with Crippen LogP contribution in [-0.4, -0.2) is 24.6 Å². The summed E-state index contributed by atoms with van der Waals surface area (Å²) >= 11 is 7.43. The van der Waals surface area contributed by atoms with E-state index in [-0.39, 0.29) is 5.78 Å². The van der Waals surface area contributed by atoms with Gasteiger partial charge in [0.2, 0.25) is 0 Å². The van der Waals surface area contributed by atoms with Gasteiger partial charge in [-0.2, -0.15) is 0 Å². The highest BCUT2D eigenvalue weighted by molar-refractivity contribution is 7.98. The zero-order valence-corrected chi connectivity index (χ0v) is 12.1. The van der Waals surface area contributed by atoms with Gasteiger partial charge in [0.15, 0.2) is 5.78 Å². The summed E-state index contributed by atoms with van der Waals surface area (Å²) in [6.45, 7) is 3.48. The van der Waals surface area contributed by atoms with Crippen molar-refractivity contribution in [1.82, 2.24) is 0 Å². The Kier molecular flexibility index (Phi) is 5.69. The molecule has 0 bridgehead atoms. The maximum Gasteiger partial charge on any atom is 0.339 e. The SMILES string of the molecule is CCOC(=O)c1cc(C(Cl)C(C)=O)ccc1SC. The average molecular weight is 287 g/mol. The molecule has 3 nitrogen and oxygen atoms in total. The van der Waals surface area contributed by atoms with Gasteiger partial charge in [0, 0.05) is 4.90 Å². The van der Waals surface area contributed by atoms with E-state index in [1.807, 2.05) is 6.26 Å². The minimum atomic E-state index is -0.728. The molecule has 0 aromatic heterocycles. The summed E-state index contributed by atoms with van der Waals surface area (Å²) in [5.74, 6) is -0.542. The molecule has 0 fully saturated rings. The summed E-state index contributed by atoms with van der Waals surface area (Å²) in [5.41, 5.74) is 1.07. The summed E-state index contributed by atoms with van der Waals surface area (Å²) < 4.78 is 4.99. The van der Waals surface area contributed by atoms with Crippen molar-refractivity contribution in [2.24, 2.45) is 0 Å². The molecule has 98 valence electrons. The second-order valence-electron chi connectivity index (χ2n) is 3.65. The van der Waals surface area contributed by atoms with E-state index in [0.717, 1.165) is 4.90 Å². The molecule has 1 rings (SSSR count). The molecule has 0 aliphatic heterocycles. The third kappa shape index (κ3) is 3.50. The third-order valence-corrected chi connectivity index (χ3v) is 3.72. The number of thioether (sulfide) groups is 1. The quantitative estimate of drug-likeness (QED) is 0.472. The van der Waals surface area contributed by atoms with E-state index < -0.39 is 11.3 Å². The van der Waals surface area contributed by atoms with Gasteiger partial charge in [0.25, 0.3) is 0 Å². The Balaban J connectivity index is 3.17. The average Bonchev–Trinajstić information content (AvgIpc) is 2.37. The Morgan fingerprint density at radius 1 is 1.44 bits per heavy atom. The molecule has 5 heteroatoms. The van der Waals surface area contributed by atoms with E-state index >= 15 is 0 Å². The summed E-state index contributed by atoms with van der Waals surface area (Å²) in [7, 11) is 0. The number of Topliss-reactive ketones (excluding diaryl/α,β-unsaturated/α-hetero) is 1. The van der Waals surface area contributed by atoms with Crippen LogP contribution < -0.4 is 0 Å². The number of carbonyl (C=O) groups is 2. The summed E-state index contributed by atoms with van der Waals surface area (Å²) in [5, 5.41) is -0.728. The van der Waals surface area contributed by atoms with Crippen LogP contribution in [0.2, 0.25) is 0 Å². The number of hydrogen-bond acceptors (Lipinski definition) is 4. The molecule has 1 atom stereocenters. The summed E-state index contributed by atoms with van der Waals surface area (Å²) in [4.78, 5) is 23.9. The van der Waals surface area contributed by atoms with Crippen LogP contribution in [0.3, 0.4) is 0 Å². The molecule has 0 aliphatic carbocycles. The molecular weight excluding hydrogens is 272 g/mol. The van der Waals surface area contributed by atoms with Crippen molar-refractivity contribution >= 4 is 35.1 Å². The number of benzene rings is 1. The number of esters is 1. The van der Waals surface area contributed by atoms with Crippen LogP contribution in [0.5, 0.6) is 0 Å². The lowest BCUT2D eigenvalue weighted by molar-refractivity contribution is -0.116. The lowest BCUT2D eigenvalue weighted by Gasteiger charge is -2.11. The molecule has 0 aliphatic rings. The Hall–Kier alpha value is -1.00. The van der Waals surface area contributed by atoms with Crippen LogP contribution in [-0.2, 0) is 9.53 Å². The second-order valence-corrected chi connectivity index (χ2v) is 4.94. The first-order chi connectivity index (χ1) is 8.51. The topological polar surface area (TPSA) is 43.4 Å². The van der Waals surface area contributed by atoms with Crippen molar-refractivity contribution < 1.29 is 14.3 Å². The Morgan fingerprint density at radius 3 is 2.61 bits per heavy atom. The highest BCUT2D eigenvalue weighted by Gasteiger charge is 2.18. The van der Waals surface area contributed by atoms with Crippen LogP contribution in [0, 0.1) is 0 Å². The molecule has 0 radical (unpaired) electrons. The van der Waals surface area contributed by atoms with Crippen molar-refractivity contribution in [3.05, 3.63) is 29.3 Å². The highest BCUT2D eigenvalue weighted by atomic mass is 35.5. The number of alkyl halides is 1. The number of hydrogen-bond donors (Lipinski definition) is 0. The predicted molar refractivity (Wildman–Crippen MR) is 73.5 cm³/mol. The van der Waals surface area contributed by atoms with Crippen LogP contribution in [0.15, 0.2) is 23.1 Å². The molecule has 1 unspecified atom stereocenters. The van der Waals surface area contributed by atoms with Crippen LogP contribution >= 0.6 is 23.4 Å². The molecule has 0 N–H and O–H groups in total. The Labute approximate surface area is 116 Å². The molecule has 0 spiro atoms. The second kappa shape index (κ2) is 6.81. The third-order valence-electron chi connectivity index (χ3n) is 2.37. The minimum absolute atomic E-state index is 0.150. The zero-order valence-electron chi connectivity index (χ0n) is 10.5. The first-order valence-corrected chi connectivity index (χ1v) is 7.17. The van der Waals surface area contributed by atoms with Gasteiger partial charge < -0.3 is 4.74 Å². The Bertz CT molecular complexity index is 460. The van der Waals surface area contributed by atoms with Gasteiger partial charge in [-0.25, -0.2) is 4.79 Å². The van der Waals surface area contributed by atoms with Gasteiger partial charge in [0.05, 0.1) is 12.2 Å². The zero-order chi connectivity index (χ0) is 13.7. The molecule has 0 saturated heterocycles. The van der Waals surface area contributed by atoms with Crippen molar-refractivity contribution in [2.75, 3.05) is 12.9 Å². The number of halogens is 1. The van der Waals surface area contributed by atoms with E-state index in [9.17, 15) is 9.59 Å². The van der Waals surface area contributed by atoms with Crippen LogP contribution in [0.1, 0.15) is 35.1 Å². The van der Waals surface area contributed by atoms with Gasteiger partial charge in [-0.3, -0.25) is 4.79 Å². The maximum atomic E-state index is 11.8. The monoisotopic (exact) mass is 286 g/mol. The van der Waals surface area contributed by atoms with Crippen molar-refractivity contribution in [1.29, 1.82) is 0 Å². The number of rotatable bonds is 5. The van der Waals surface area contributed by atoms with Gasteiger partial charge >= 0.3 is 5.97 Å². The fourth-order valence-corrected chi connectivity index (χ4v) is 2.19. The predicted octanol–water partition coefficient (Wildman–Crippen LogP) is 3.45. The van der Waals surface area contributed by atoms with E-state index in [4.69, 9.17) is 16.3 Å².